The van der Waals surface area contributed by atoms with Gasteiger partial charge in [-0.25, -0.2) is 4.39 Å². The van der Waals surface area contributed by atoms with Gasteiger partial charge in [-0.3, -0.25) is 0 Å². The van der Waals surface area contributed by atoms with Crippen LogP contribution in [0, 0.1) is 6.07 Å². The van der Waals surface area contributed by atoms with E-state index in [9.17, 15) is 4.39 Å². The van der Waals surface area contributed by atoms with Crippen LogP contribution in [-0.2, 0) is 0 Å². The van der Waals surface area contributed by atoms with Gasteiger partial charge < -0.3 is 4.42 Å². The van der Waals surface area contributed by atoms with Crippen molar-refractivity contribution in [3.8, 4) is 11.3 Å². The molecule has 1 nitrogen and oxygen atoms in total. The van der Waals surface area contributed by atoms with Gasteiger partial charge in [0.1, 0.15) is 5.76 Å². The molecule has 0 aromatic carbocycles. The molecule has 0 saturated carbocycles. The fourth-order valence-electron chi connectivity index (χ4n) is 1.10. The Morgan fingerprint density at radius 2 is 2.42 bits per heavy atom. The topological polar surface area (TPSA) is 13.1 Å². The molecule has 1 radical (unpaired) electrons. The van der Waals surface area contributed by atoms with Gasteiger partial charge >= 0.3 is 0 Å². The van der Waals surface area contributed by atoms with Gasteiger partial charge in [-0.2, -0.15) is 0 Å². The summed E-state index contributed by atoms with van der Waals surface area (Å²) in [6.45, 7) is 0. The minimum Gasteiger partial charge on any atom is -0.464 e. The second-order valence-electron chi connectivity index (χ2n) is 2.41. The summed E-state index contributed by atoms with van der Waals surface area (Å²) in [6, 6.07) is 8.40. The molecule has 0 aromatic heterocycles. The zero-order valence-corrected chi connectivity index (χ0v) is 6.25. The second-order valence-corrected chi connectivity index (χ2v) is 2.41. The standard InChI is InChI=1S/C10H6FO/c11-4-3-8-6-9-2-1-5-12-10(9)7-8/h1-6H. The molecule has 1 aliphatic carbocycles. The third-order valence-corrected chi connectivity index (χ3v) is 1.61. The molecule has 0 fully saturated rings. The van der Waals surface area contributed by atoms with E-state index in [1.807, 2.05) is 12.1 Å². The van der Waals surface area contributed by atoms with Crippen molar-refractivity contribution >= 4 is 6.08 Å². The molecule has 1 heterocycles. The molecule has 0 N–H and O–H groups in total. The Hall–Kier alpha value is -1.57. The van der Waals surface area contributed by atoms with E-state index < -0.39 is 0 Å². The minimum atomic E-state index is 0.491. The molecule has 2 heteroatoms. The van der Waals surface area contributed by atoms with Crippen LogP contribution in [0.2, 0.25) is 0 Å². The van der Waals surface area contributed by atoms with Crippen LogP contribution in [0.4, 0.5) is 4.39 Å². The van der Waals surface area contributed by atoms with Crippen LogP contribution in [0.15, 0.2) is 35.2 Å². The smallest absolute Gasteiger partial charge is 0.142 e. The molecule has 2 rings (SSSR count). The third-order valence-electron chi connectivity index (χ3n) is 1.61. The van der Waals surface area contributed by atoms with Gasteiger partial charge in [0.05, 0.1) is 12.6 Å². The SMILES string of the molecule is FC=Cc1[c]c2occcc-2c1. The van der Waals surface area contributed by atoms with Crippen LogP contribution in [0.25, 0.3) is 17.4 Å². The summed E-state index contributed by atoms with van der Waals surface area (Å²) in [5.41, 5.74) is 1.63. The van der Waals surface area contributed by atoms with Gasteiger partial charge in [-0.1, -0.05) is 0 Å². The van der Waals surface area contributed by atoms with Crippen molar-refractivity contribution in [2.75, 3.05) is 0 Å². The first-order valence-electron chi connectivity index (χ1n) is 3.56. The lowest BCUT2D eigenvalue weighted by Gasteiger charge is -1.91. The number of hydrogen-bond acceptors (Lipinski definition) is 1. The van der Waals surface area contributed by atoms with Crippen molar-refractivity contribution in [2.24, 2.45) is 0 Å². The number of rotatable bonds is 1. The number of hydrogen-bond donors (Lipinski definition) is 0. The molecule has 12 heavy (non-hydrogen) atoms. The summed E-state index contributed by atoms with van der Waals surface area (Å²) in [7, 11) is 0. The first kappa shape index (κ1) is 7.10. The fraction of sp³-hybridized carbons (Fsp3) is 0. The van der Waals surface area contributed by atoms with Crippen molar-refractivity contribution in [1.29, 1.82) is 0 Å². The summed E-state index contributed by atoms with van der Waals surface area (Å²) in [5, 5.41) is 0. The van der Waals surface area contributed by atoms with E-state index >= 15 is 0 Å². The van der Waals surface area contributed by atoms with Crippen LogP contribution in [0.1, 0.15) is 5.56 Å². The van der Waals surface area contributed by atoms with Crippen molar-refractivity contribution < 1.29 is 8.81 Å². The molecule has 2 aliphatic rings. The van der Waals surface area contributed by atoms with Crippen LogP contribution in [0.3, 0.4) is 0 Å². The van der Waals surface area contributed by atoms with Crippen LogP contribution in [0.5, 0.6) is 0 Å². The molecular weight excluding hydrogens is 155 g/mol. The lowest BCUT2D eigenvalue weighted by molar-refractivity contribution is 0.566. The fourth-order valence-corrected chi connectivity index (χ4v) is 1.10. The second kappa shape index (κ2) is 2.81. The quantitative estimate of drug-likeness (QED) is 0.626. The minimum absolute atomic E-state index is 0.491. The Labute approximate surface area is 69.5 Å². The lowest BCUT2D eigenvalue weighted by Crippen LogP contribution is -1.67. The highest BCUT2D eigenvalue weighted by atomic mass is 19.1. The summed E-state index contributed by atoms with van der Waals surface area (Å²) in [4.78, 5) is 0. The van der Waals surface area contributed by atoms with Crippen LogP contribution >= 0.6 is 0 Å². The van der Waals surface area contributed by atoms with Gasteiger partial charge in [-0.05, 0) is 29.8 Å². The van der Waals surface area contributed by atoms with E-state index in [4.69, 9.17) is 4.42 Å². The Kier molecular flexibility index (Phi) is 1.67. The zero-order valence-electron chi connectivity index (χ0n) is 6.25. The maximum Gasteiger partial charge on any atom is 0.142 e. The van der Waals surface area contributed by atoms with Crippen molar-refractivity contribution in [1.82, 2.24) is 0 Å². The van der Waals surface area contributed by atoms with E-state index in [0.717, 1.165) is 5.56 Å². The maximum atomic E-state index is 11.8. The third kappa shape index (κ3) is 1.11. The van der Waals surface area contributed by atoms with Gasteiger partial charge in [-0.15, -0.1) is 0 Å². The van der Waals surface area contributed by atoms with E-state index in [1.165, 1.54) is 6.08 Å². The average molecular weight is 161 g/mol. The molecule has 0 spiro atoms. The van der Waals surface area contributed by atoms with Gasteiger partial charge in [0, 0.05) is 11.6 Å². The molecular formula is C10H6FO. The predicted octanol–water partition coefficient (Wildman–Crippen LogP) is 3.12. The highest BCUT2D eigenvalue weighted by Crippen LogP contribution is 2.25. The van der Waals surface area contributed by atoms with Crippen molar-refractivity contribution in [2.45, 2.75) is 0 Å². The molecule has 0 saturated heterocycles. The first-order chi connectivity index (χ1) is 5.90. The Morgan fingerprint density at radius 3 is 3.17 bits per heavy atom. The number of fused-ring (bicyclic) bond motifs is 1. The van der Waals surface area contributed by atoms with Gasteiger partial charge in [0.2, 0.25) is 0 Å². The van der Waals surface area contributed by atoms with E-state index in [2.05, 4.69) is 6.07 Å². The summed E-state index contributed by atoms with van der Waals surface area (Å²) in [6.07, 6.45) is 3.40. The van der Waals surface area contributed by atoms with Crippen molar-refractivity contribution in [3.05, 3.63) is 42.4 Å². The summed E-state index contributed by atoms with van der Waals surface area (Å²) >= 11 is 0. The molecule has 59 valence electrons. The van der Waals surface area contributed by atoms with E-state index in [0.29, 0.717) is 17.7 Å². The molecule has 0 amide bonds. The normalized spacial score (nSPS) is 11.4. The molecule has 0 aromatic rings. The van der Waals surface area contributed by atoms with E-state index in [-0.39, 0.29) is 0 Å². The maximum absolute atomic E-state index is 11.8. The van der Waals surface area contributed by atoms with Crippen LogP contribution in [-0.4, -0.2) is 0 Å². The summed E-state index contributed by atoms with van der Waals surface area (Å²) in [5.74, 6) is 0.658. The zero-order chi connectivity index (χ0) is 8.39. The Balaban J connectivity index is 2.55. The van der Waals surface area contributed by atoms with E-state index in [1.54, 1.807) is 12.3 Å². The first-order valence-corrected chi connectivity index (χ1v) is 3.56. The summed E-state index contributed by atoms with van der Waals surface area (Å²) < 4.78 is 16.9. The molecule has 1 aliphatic heterocycles. The Bertz CT molecular complexity index is 345. The highest BCUT2D eigenvalue weighted by molar-refractivity contribution is 5.68. The lowest BCUT2D eigenvalue weighted by atomic mass is 10.3. The van der Waals surface area contributed by atoms with Gasteiger partial charge in [0.25, 0.3) is 0 Å². The number of halogens is 1. The predicted molar refractivity (Wildman–Crippen MR) is 44.3 cm³/mol. The van der Waals surface area contributed by atoms with Crippen LogP contribution < -0.4 is 0 Å². The van der Waals surface area contributed by atoms with Gasteiger partial charge in [0.15, 0.2) is 0 Å². The largest absolute Gasteiger partial charge is 0.464 e. The van der Waals surface area contributed by atoms with Crippen molar-refractivity contribution in [3.63, 3.8) is 0 Å². The molecule has 0 atom stereocenters. The molecule has 0 unspecified atom stereocenters. The average Bonchev–Trinajstić information content (AvgIpc) is 2.47. The Morgan fingerprint density at radius 1 is 1.50 bits per heavy atom. The highest BCUT2D eigenvalue weighted by Gasteiger charge is 2.05. The monoisotopic (exact) mass is 161 g/mol. The molecule has 0 bridgehead atoms.